The van der Waals surface area contributed by atoms with Crippen LogP contribution in [0.3, 0.4) is 0 Å². The number of hydrogen-bond acceptors (Lipinski definition) is 7. The summed E-state index contributed by atoms with van der Waals surface area (Å²) < 4.78 is 39.7. The molecule has 0 unspecified atom stereocenters. The molecule has 1 aliphatic carbocycles. The Hall–Kier alpha value is -4.77. The van der Waals surface area contributed by atoms with Gasteiger partial charge >= 0.3 is 6.18 Å². The highest BCUT2D eigenvalue weighted by Gasteiger charge is 2.51. The van der Waals surface area contributed by atoms with E-state index < -0.39 is 17.2 Å². The fraction of sp³-hybridized carbons (Fsp3) is 0.294. The number of nitrogens with one attached hydrogen (secondary N) is 4. The summed E-state index contributed by atoms with van der Waals surface area (Å²) in [5, 5.41) is 12.8. The van der Waals surface area contributed by atoms with Gasteiger partial charge < -0.3 is 26.1 Å². The minimum atomic E-state index is -4.45. The van der Waals surface area contributed by atoms with Crippen LogP contribution in [-0.2, 0) is 27.7 Å². The van der Waals surface area contributed by atoms with E-state index in [9.17, 15) is 18.0 Å². The van der Waals surface area contributed by atoms with Gasteiger partial charge in [-0.25, -0.2) is 4.98 Å². The third kappa shape index (κ3) is 8.45. The maximum absolute atomic E-state index is 13.2. The van der Waals surface area contributed by atoms with E-state index in [4.69, 9.17) is 9.78 Å². The Kier molecular flexibility index (Phi) is 10.9. The van der Waals surface area contributed by atoms with Crippen LogP contribution in [0.2, 0.25) is 0 Å². The standard InChI is InChI=1S/C33H35F3N6O.CH2O/c1-22-6-3-9-27(18-22)41-31-40-21-28(29(42-31)38-17-5-16-37-2)24-12-10-23(11-13-24)20-39-30(43)32(14-15-32)25-7-4-8-26(19-25)33(34,35)36;1-2/h3-4,6-13,18-19,21,37H,5,14-17,20H2,1-2H3,(H,39,43)(H2,38,40,41,42);1H2. The van der Waals surface area contributed by atoms with Crippen LogP contribution in [0.5, 0.6) is 0 Å². The van der Waals surface area contributed by atoms with Gasteiger partial charge in [0.05, 0.1) is 11.0 Å². The van der Waals surface area contributed by atoms with Crippen molar-refractivity contribution in [1.29, 1.82) is 0 Å². The summed E-state index contributed by atoms with van der Waals surface area (Å²) in [6.07, 6.45) is -0.694. The molecule has 4 N–H and O–H groups in total. The van der Waals surface area contributed by atoms with Crippen molar-refractivity contribution in [1.82, 2.24) is 20.6 Å². The lowest BCUT2D eigenvalue weighted by molar-refractivity contribution is -0.137. The molecule has 236 valence electrons. The maximum atomic E-state index is 13.2. The summed E-state index contributed by atoms with van der Waals surface area (Å²) in [6.45, 7) is 5.90. The Morgan fingerprint density at radius 2 is 1.71 bits per heavy atom. The first kappa shape index (κ1) is 33.1. The predicted molar refractivity (Wildman–Crippen MR) is 170 cm³/mol. The van der Waals surface area contributed by atoms with Gasteiger partial charge in [0.15, 0.2) is 0 Å². The van der Waals surface area contributed by atoms with Crippen molar-refractivity contribution >= 4 is 30.1 Å². The molecule has 3 aromatic carbocycles. The van der Waals surface area contributed by atoms with Crippen molar-refractivity contribution in [2.45, 2.75) is 44.3 Å². The average molecular weight is 619 g/mol. The van der Waals surface area contributed by atoms with E-state index in [0.29, 0.717) is 30.2 Å². The molecule has 0 bridgehead atoms. The molecule has 1 fully saturated rings. The zero-order valence-electron chi connectivity index (χ0n) is 25.3. The van der Waals surface area contributed by atoms with Gasteiger partial charge in [-0.2, -0.15) is 18.2 Å². The second kappa shape index (κ2) is 14.8. The zero-order chi connectivity index (χ0) is 32.5. The molecule has 1 amide bonds. The van der Waals surface area contributed by atoms with Crippen molar-refractivity contribution in [3.63, 3.8) is 0 Å². The Labute approximate surface area is 260 Å². The number of carbonyl (C=O) groups excluding carboxylic acids is 2. The van der Waals surface area contributed by atoms with Crippen molar-refractivity contribution in [3.8, 4) is 11.1 Å². The lowest BCUT2D eigenvalue weighted by atomic mass is 9.93. The van der Waals surface area contributed by atoms with Gasteiger partial charge in [0.25, 0.3) is 0 Å². The van der Waals surface area contributed by atoms with Crippen LogP contribution in [0.1, 0.15) is 41.5 Å². The number of halogens is 3. The topological polar surface area (TPSA) is 108 Å². The number of carbonyl (C=O) groups is 2. The molecule has 45 heavy (non-hydrogen) atoms. The van der Waals surface area contributed by atoms with Crippen molar-refractivity contribution in [3.05, 3.63) is 101 Å². The molecule has 0 saturated heterocycles. The lowest BCUT2D eigenvalue weighted by Gasteiger charge is -2.18. The average Bonchev–Trinajstić information content (AvgIpc) is 3.86. The molecule has 4 aromatic rings. The van der Waals surface area contributed by atoms with Gasteiger partial charge in [-0.3, -0.25) is 4.79 Å². The highest BCUT2D eigenvalue weighted by molar-refractivity contribution is 5.91. The Balaban J connectivity index is 0.00000226. The van der Waals surface area contributed by atoms with Gasteiger partial charge in [0.2, 0.25) is 11.9 Å². The third-order valence-corrected chi connectivity index (χ3v) is 7.60. The minimum Gasteiger partial charge on any atom is -0.369 e. The molecule has 1 heterocycles. The zero-order valence-corrected chi connectivity index (χ0v) is 25.3. The number of anilines is 3. The fourth-order valence-electron chi connectivity index (χ4n) is 5.03. The van der Waals surface area contributed by atoms with E-state index in [-0.39, 0.29) is 12.5 Å². The maximum Gasteiger partial charge on any atom is 0.416 e. The molecule has 8 nitrogen and oxygen atoms in total. The highest BCUT2D eigenvalue weighted by Crippen LogP contribution is 2.49. The first-order chi connectivity index (χ1) is 21.7. The Morgan fingerprint density at radius 1 is 0.978 bits per heavy atom. The lowest BCUT2D eigenvalue weighted by Crippen LogP contribution is -2.34. The molecule has 0 spiro atoms. The summed E-state index contributed by atoms with van der Waals surface area (Å²) in [5.74, 6) is 0.938. The van der Waals surface area contributed by atoms with Crippen LogP contribution >= 0.6 is 0 Å². The van der Waals surface area contributed by atoms with Gasteiger partial charge in [-0.15, -0.1) is 0 Å². The normalized spacial score (nSPS) is 13.3. The second-order valence-corrected chi connectivity index (χ2v) is 10.9. The number of aromatic nitrogens is 2. The number of rotatable bonds is 12. The number of aryl methyl sites for hydroxylation is 1. The molecule has 0 aliphatic heterocycles. The van der Waals surface area contributed by atoms with E-state index in [2.05, 4.69) is 26.3 Å². The molecule has 0 radical (unpaired) electrons. The summed E-state index contributed by atoms with van der Waals surface area (Å²) in [7, 11) is 1.92. The first-order valence-electron chi connectivity index (χ1n) is 14.6. The quantitative estimate of drug-likeness (QED) is 0.136. The summed E-state index contributed by atoms with van der Waals surface area (Å²) >= 11 is 0. The third-order valence-electron chi connectivity index (χ3n) is 7.60. The molecule has 1 saturated carbocycles. The Bertz CT molecular complexity index is 1590. The van der Waals surface area contributed by atoms with Gasteiger partial charge in [0.1, 0.15) is 12.6 Å². The SMILES string of the molecule is C=O.CNCCCNc1nc(Nc2cccc(C)c2)ncc1-c1ccc(CNC(=O)C2(c3cccc(C(F)(F)F)c3)CC2)cc1. The highest BCUT2D eigenvalue weighted by atomic mass is 19.4. The van der Waals surface area contributed by atoms with E-state index in [1.807, 2.05) is 69.3 Å². The van der Waals surface area contributed by atoms with Crippen molar-refractivity contribution in [2.75, 3.05) is 30.8 Å². The van der Waals surface area contributed by atoms with Gasteiger partial charge in [-0.1, -0.05) is 54.6 Å². The van der Waals surface area contributed by atoms with Crippen LogP contribution in [0.25, 0.3) is 11.1 Å². The summed E-state index contributed by atoms with van der Waals surface area (Å²) in [4.78, 5) is 30.4. The first-order valence-corrected chi connectivity index (χ1v) is 14.6. The largest absolute Gasteiger partial charge is 0.416 e. The molecule has 11 heteroatoms. The molecule has 1 aliphatic rings. The number of hydrogen-bond donors (Lipinski definition) is 4. The van der Waals surface area contributed by atoms with Gasteiger partial charge in [-0.05, 0) is 80.2 Å². The number of alkyl halides is 3. The predicted octanol–water partition coefficient (Wildman–Crippen LogP) is 6.40. The second-order valence-electron chi connectivity index (χ2n) is 10.9. The monoisotopic (exact) mass is 618 g/mol. The van der Waals surface area contributed by atoms with E-state index in [0.717, 1.165) is 59.6 Å². The fourth-order valence-corrected chi connectivity index (χ4v) is 5.03. The van der Waals surface area contributed by atoms with Crippen molar-refractivity contribution < 1.29 is 22.8 Å². The van der Waals surface area contributed by atoms with E-state index >= 15 is 0 Å². The molecule has 1 aromatic heterocycles. The minimum absolute atomic E-state index is 0.256. The molecular formula is C34H37F3N6O2. The smallest absolute Gasteiger partial charge is 0.369 e. The van der Waals surface area contributed by atoms with Gasteiger partial charge in [0, 0.05) is 30.5 Å². The van der Waals surface area contributed by atoms with E-state index in [1.54, 1.807) is 12.3 Å². The summed E-state index contributed by atoms with van der Waals surface area (Å²) in [6, 6.07) is 20.8. The van der Waals surface area contributed by atoms with Crippen LogP contribution in [0.4, 0.5) is 30.6 Å². The molecule has 0 atom stereocenters. The molecular weight excluding hydrogens is 581 g/mol. The van der Waals surface area contributed by atoms with E-state index in [1.165, 1.54) is 6.07 Å². The molecule has 5 rings (SSSR count). The van der Waals surface area contributed by atoms with Crippen LogP contribution in [0, 0.1) is 6.92 Å². The van der Waals surface area contributed by atoms with Crippen molar-refractivity contribution in [2.24, 2.45) is 0 Å². The van der Waals surface area contributed by atoms with Crippen LogP contribution < -0.4 is 21.3 Å². The van der Waals surface area contributed by atoms with Crippen LogP contribution in [0.15, 0.2) is 79.0 Å². The van der Waals surface area contributed by atoms with Crippen LogP contribution in [-0.4, -0.2) is 42.8 Å². The number of nitrogens with zero attached hydrogens (tertiary/aromatic N) is 2. The summed E-state index contributed by atoms with van der Waals surface area (Å²) in [5.41, 5.74) is 3.43. The number of benzene rings is 3. The Morgan fingerprint density at radius 3 is 2.38 bits per heavy atom. The number of amides is 1.